The van der Waals surface area contributed by atoms with Crippen molar-refractivity contribution in [1.29, 1.82) is 0 Å². The molecule has 1 saturated heterocycles. The number of ether oxygens (including phenoxy) is 1. The molecule has 2 unspecified atom stereocenters. The molecule has 0 bridgehead atoms. The molecule has 1 aliphatic carbocycles. The lowest BCUT2D eigenvalue weighted by atomic mass is 9.74. The highest BCUT2D eigenvalue weighted by Crippen LogP contribution is 2.49. The summed E-state index contributed by atoms with van der Waals surface area (Å²) in [4.78, 5) is 0. The zero-order chi connectivity index (χ0) is 14.9. The van der Waals surface area contributed by atoms with Crippen LogP contribution in [0.2, 0.25) is 5.02 Å². The summed E-state index contributed by atoms with van der Waals surface area (Å²) in [7, 11) is 0. The van der Waals surface area contributed by atoms with Crippen molar-refractivity contribution in [3.63, 3.8) is 0 Å². The molecule has 2 aliphatic rings. The van der Waals surface area contributed by atoms with Gasteiger partial charge < -0.3 is 10.1 Å². The highest BCUT2D eigenvalue weighted by atomic mass is 35.5. The van der Waals surface area contributed by atoms with Gasteiger partial charge in [0.25, 0.3) is 0 Å². The van der Waals surface area contributed by atoms with E-state index in [9.17, 15) is 0 Å². The Bertz CT molecular complexity index is 486. The lowest BCUT2D eigenvalue weighted by Crippen LogP contribution is -2.45. The molecule has 2 nitrogen and oxygen atoms in total. The van der Waals surface area contributed by atoms with Gasteiger partial charge in [-0.1, -0.05) is 37.6 Å². The molecular formula is C18H26ClNO. The summed E-state index contributed by atoms with van der Waals surface area (Å²) in [5.41, 5.74) is 1.57. The number of halogens is 1. The molecule has 1 aromatic rings. The maximum Gasteiger partial charge on any atom is 0.0675 e. The summed E-state index contributed by atoms with van der Waals surface area (Å²) in [6.45, 7) is 6.38. The SMILES string of the molecule is CC(C)NCC1(Cc2cccc(Cl)c2)CCOC1C1CC1. The first-order valence-electron chi connectivity index (χ1n) is 8.18. The largest absolute Gasteiger partial charge is 0.377 e. The van der Waals surface area contributed by atoms with E-state index in [-0.39, 0.29) is 5.41 Å². The number of rotatable bonds is 6. The minimum Gasteiger partial charge on any atom is -0.377 e. The molecule has 1 aliphatic heterocycles. The van der Waals surface area contributed by atoms with Crippen molar-refractivity contribution in [2.24, 2.45) is 11.3 Å². The molecule has 2 fully saturated rings. The maximum atomic E-state index is 6.17. The van der Waals surface area contributed by atoms with Gasteiger partial charge in [0.1, 0.15) is 0 Å². The monoisotopic (exact) mass is 307 g/mol. The fourth-order valence-corrected chi connectivity index (χ4v) is 3.86. The quantitative estimate of drug-likeness (QED) is 0.855. The Balaban J connectivity index is 1.81. The topological polar surface area (TPSA) is 21.3 Å². The van der Waals surface area contributed by atoms with Gasteiger partial charge in [0, 0.05) is 29.6 Å². The molecular weight excluding hydrogens is 282 g/mol. The molecule has 116 valence electrons. The molecule has 3 rings (SSSR count). The third kappa shape index (κ3) is 3.61. The van der Waals surface area contributed by atoms with E-state index < -0.39 is 0 Å². The molecule has 0 aromatic heterocycles. The van der Waals surface area contributed by atoms with Crippen LogP contribution in [0, 0.1) is 11.3 Å². The zero-order valence-electron chi connectivity index (χ0n) is 13.1. The second kappa shape index (κ2) is 6.28. The van der Waals surface area contributed by atoms with Crippen LogP contribution in [0.25, 0.3) is 0 Å². The average Bonchev–Trinajstić information content (AvgIpc) is 3.19. The lowest BCUT2D eigenvalue weighted by Gasteiger charge is -2.35. The van der Waals surface area contributed by atoms with Crippen LogP contribution in [0.3, 0.4) is 0 Å². The van der Waals surface area contributed by atoms with Gasteiger partial charge in [0.2, 0.25) is 0 Å². The second-order valence-corrected chi connectivity index (χ2v) is 7.52. The minimum atomic E-state index is 0.232. The van der Waals surface area contributed by atoms with E-state index in [0.717, 1.165) is 36.9 Å². The number of nitrogens with one attached hydrogen (secondary N) is 1. The van der Waals surface area contributed by atoms with Crippen molar-refractivity contribution >= 4 is 11.6 Å². The molecule has 0 radical (unpaired) electrons. The number of benzene rings is 1. The third-order valence-corrected chi connectivity index (χ3v) is 5.09. The van der Waals surface area contributed by atoms with E-state index in [2.05, 4.69) is 37.4 Å². The molecule has 1 aromatic carbocycles. The second-order valence-electron chi connectivity index (χ2n) is 7.08. The smallest absolute Gasteiger partial charge is 0.0675 e. The van der Waals surface area contributed by atoms with Gasteiger partial charge in [-0.3, -0.25) is 0 Å². The maximum absolute atomic E-state index is 6.17. The van der Waals surface area contributed by atoms with Crippen LogP contribution in [0.1, 0.15) is 38.7 Å². The first kappa shape index (κ1) is 15.3. The number of hydrogen-bond acceptors (Lipinski definition) is 2. The van der Waals surface area contributed by atoms with Gasteiger partial charge in [-0.2, -0.15) is 0 Å². The zero-order valence-corrected chi connectivity index (χ0v) is 13.8. The molecule has 0 amide bonds. The van der Waals surface area contributed by atoms with E-state index in [1.807, 2.05) is 6.07 Å². The highest BCUT2D eigenvalue weighted by Gasteiger charge is 2.50. The molecule has 1 heterocycles. The van der Waals surface area contributed by atoms with E-state index in [4.69, 9.17) is 16.3 Å². The summed E-state index contributed by atoms with van der Waals surface area (Å²) in [5, 5.41) is 4.50. The van der Waals surface area contributed by atoms with Gasteiger partial charge in [-0.25, -0.2) is 0 Å². The Kier molecular flexibility index (Phi) is 4.58. The first-order chi connectivity index (χ1) is 10.1. The van der Waals surface area contributed by atoms with Crippen LogP contribution < -0.4 is 5.32 Å². The van der Waals surface area contributed by atoms with Crippen LogP contribution >= 0.6 is 11.6 Å². The van der Waals surface area contributed by atoms with Gasteiger partial charge in [-0.05, 0) is 49.3 Å². The van der Waals surface area contributed by atoms with Crippen molar-refractivity contribution < 1.29 is 4.74 Å². The van der Waals surface area contributed by atoms with E-state index in [1.54, 1.807) is 0 Å². The van der Waals surface area contributed by atoms with E-state index in [0.29, 0.717) is 12.1 Å². The molecule has 21 heavy (non-hydrogen) atoms. The Morgan fingerprint density at radius 3 is 2.86 bits per heavy atom. The van der Waals surface area contributed by atoms with Crippen molar-refractivity contribution in [2.75, 3.05) is 13.2 Å². The summed E-state index contributed by atoms with van der Waals surface area (Å²) in [6.07, 6.45) is 5.31. The average molecular weight is 308 g/mol. The van der Waals surface area contributed by atoms with E-state index in [1.165, 1.54) is 18.4 Å². The third-order valence-electron chi connectivity index (χ3n) is 4.86. The fraction of sp³-hybridized carbons (Fsp3) is 0.667. The van der Waals surface area contributed by atoms with Crippen LogP contribution in [0.5, 0.6) is 0 Å². The van der Waals surface area contributed by atoms with Gasteiger partial charge in [0.05, 0.1) is 6.10 Å². The summed E-state index contributed by atoms with van der Waals surface area (Å²) in [5.74, 6) is 0.778. The first-order valence-corrected chi connectivity index (χ1v) is 8.56. The standard InChI is InChI=1S/C18H26ClNO/c1-13(2)20-12-18(8-9-21-17(18)15-6-7-15)11-14-4-3-5-16(19)10-14/h3-5,10,13,15,17,20H,6-9,11-12H2,1-2H3. The predicted molar refractivity (Wildman–Crippen MR) is 87.8 cm³/mol. The van der Waals surface area contributed by atoms with Crippen LogP contribution in [-0.4, -0.2) is 25.3 Å². The number of hydrogen-bond donors (Lipinski definition) is 1. The molecule has 1 saturated carbocycles. The van der Waals surface area contributed by atoms with Gasteiger partial charge in [0.15, 0.2) is 0 Å². The van der Waals surface area contributed by atoms with Crippen LogP contribution in [-0.2, 0) is 11.2 Å². The Hall–Kier alpha value is -0.570. The molecule has 2 atom stereocenters. The van der Waals surface area contributed by atoms with Crippen LogP contribution in [0.4, 0.5) is 0 Å². The summed E-state index contributed by atoms with van der Waals surface area (Å²) >= 11 is 6.17. The molecule has 1 N–H and O–H groups in total. The fourth-order valence-electron chi connectivity index (χ4n) is 3.64. The van der Waals surface area contributed by atoms with E-state index >= 15 is 0 Å². The lowest BCUT2D eigenvalue weighted by molar-refractivity contribution is 0.0298. The van der Waals surface area contributed by atoms with Crippen molar-refractivity contribution in [2.45, 2.75) is 51.7 Å². The highest BCUT2D eigenvalue weighted by molar-refractivity contribution is 6.30. The Morgan fingerprint density at radius 1 is 1.38 bits per heavy atom. The summed E-state index contributed by atoms with van der Waals surface area (Å²) < 4.78 is 6.15. The Morgan fingerprint density at radius 2 is 2.19 bits per heavy atom. The van der Waals surface area contributed by atoms with Crippen molar-refractivity contribution in [3.05, 3.63) is 34.9 Å². The van der Waals surface area contributed by atoms with Gasteiger partial charge >= 0.3 is 0 Å². The molecule has 0 spiro atoms. The minimum absolute atomic E-state index is 0.232. The summed E-state index contributed by atoms with van der Waals surface area (Å²) in [6, 6.07) is 8.84. The van der Waals surface area contributed by atoms with Crippen molar-refractivity contribution in [1.82, 2.24) is 5.32 Å². The predicted octanol–water partition coefficient (Wildman–Crippen LogP) is 4.07. The van der Waals surface area contributed by atoms with Crippen LogP contribution in [0.15, 0.2) is 24.3 Å². The van der Waals surface area contributed by atoms with Crippen molar-refractivity contribution in [3.8, 4) is 0 Å². The molecule has 3 heteroatoms. The Labute approximate surface area is 133 Å². The van der Waals surface area contributed by atoms with Gasteiger partial charge in [-0.15, -0.1) is 0 Å². The normalized spacial score (nSPS) is 29.2.